The molecule has 0 saturated heterocycles. The Bertz CT molecular complexity index is 324. The molecule has 0 spiro atoms. The van der Waals surface area contributed by atoms with Crippen molar-refractivity contribution in [2.45, 2.75) is 18.9 Å². The summed E-state index contributed by atoms with van der Waals surface area (Å²) in [5, 5.41) is 18.4. The van der Waals surface area contributed by atoms with Crippen LogP contribution in [0.25, 0.3) is 0 Å². The summed E-state index contributed by atoms with van der Waals surface area (Å²) in [5.41, 5.74) is 6.62. The lowest BCUT2D eigenvalue weighted by atomic mass is 10.0. The fraction of sp³-hybridized carbons (Fsp3) is 0.400. The summed E-state index contributed by atoms with van der Waals surface area (Å²) in [6, 6.07) is 2.95. The van der Waals surface area contributed by atoms with Gasteiger partial charge in [0.1, 0.15) is 0 Å². The Kier molecular flexibility index (Phi) is 7.11. The van der Waals surface area contributed by atoms with Gasteiger partial charge in [-0.3, -0.25) is 0 Å². The van der Waals surface area contributed by atoms with Crippen molar-refractivity contribution in [2.24, 2.45) is 5.73 Å². The molecule has 0 amide bonds. The van der Waals surface area contributed by atoms with Crippen molar-refractivity contribution in [1.29, 1.82) is 0 Å². The van der Waals surface area contributed by atoms with E-state index in [2.05, 4.69) is 0 Å². The average molecular weight is 287 g/mol. The zero-order valence-corrected chi connectivity index (χ0v) is 10.8. The number of aliphatic hydroxyl groups is 1. The molecule has 16 heavy (non-hydrogen) atoms. The maximum Gasteiger partial charge on any atom is 0.152 e. The van der Waals surface area contributed by atoms with E-state index in [9.17, 15) is 5.11 Å². The predicted octanol–water partition coefficient (Wildman–Crippen LogP) is 2.89. The lowest BCUT2D eigenvalue weighted by molar-refractivity contribution is 0.280. The highest BCUT2D eigenvalue weighted by molar-refractivity contribution is 6.37. The van der Waals surface area contributed by atoms with E-state index < -0.39 is 0 Å². The molecule has 0 bridgehead atoms. The highest BCUT2D eigenvalue weighted by Gasteiger charge is 2.11. The maximum absolute atomic E-state index is 9.34. The summed E-state index contributed by atoms with van der Waals surface area (Å²) >= 11 is 11.5. The third-order valence-corrected chi connectivity index (χ3v) is 2.72. The van der Waals surface area contributed by atoms with Gasteiger partial charge in [-0.1, -0.05) is 23.2 Å². The Morgan fingerprint density at radius 3 is 2.19 bits per heavy atom. The van der Waals surface area contributed by atoms with Gasteiger partial charge >= 0.3 is 0 Å². The molecule has 0 fully saturated rings. The van der Waals surface area contributed by atoms with Gasteiger partial charge in [0.15, 0.2) is 5.75 Å². The van der Waals surface area contributed by atoms with Crippen molar-refractivity contribution in [3.8, 4) is 5.75 Å². The Hall–Kier alpha value is -0.190. The van der Waals surface area contributed by atoms with Gasteiger partial charge < -0.3 is 15.9 Å². The minimum Gasteiger partial charge on any atom is -0.505 e. The summed E-state index contributed by atoms with van der Waals surface area (Å²) in [7, 11) is 0. The van der Waals surface area contributed by atoms with Crippen LogP contribution in [0.15, 0.2) is 12.1 Å². The van der Waals surface area contributed by atoms with E-state index in [0.29, 0.717) is 12.8 Å². The van der Waals surface area contributed by atoms with Crippen LogP contribution in [0.3, 0.4) is 0 Å². The first-order valence-corrected chi connectivity index (χ1v) is 5.36. The average Bonchev–Trinajstić information content (AvgIpc) is 2.21. The smallest absolute Gasteiger partial charge is 0.152 e. The van der Waals surface area contributed by atoms with Crippen LogP contribution in [0.5, 0.6) is 5.75 Å². The van der Waals surface area contributed by atoms with Crippen LogP contribution in [0.4, 0.5) is 0 Å². The van der Waals surface area contributed by atoms with Crippen LogP contribution in [0.2, 0.25) is 10.0 Å². The van der Waals surface area contributed by atoms with E-state index in [1.165, 1.54) is 0 Å². The van der Waals surface area contributed by atoms with Gasteiger partial charge in [-0.2, -0.15) is 0 Å². The summed E-state index contributed by atoms with van der Waals surface area (Å²) < 4.78 is 0. The fourth-order valence-electron chi connectivity index (χ4n) is 1.28. The molecule has 0 aromatic heterocycles. The molecule has 0 unspecified atom stereocenters. The molecule has 1 aromatic carbocycles. The molecule has 0 aliphatic carbocycles. The van der Waals surface area contributed by atoms with Gasteiger partial charge in [0.2, 0.25) is 0 Å². The van der Waals surface area contributed by atoms with Crippen molar-refractivity contribution in [2.75, 3.05) is 6.61 Å². The van der Waals surface area contributed by atoms with E-state index in [1.807, 2.05) is 0 Å². The van der Waals surface area contributed by atoms with Gasteiger partial charge in [0, 0.05) is 12.6 Å². The molecule has 1 atom stereocenters. The Morgan fingerprint density at radius 1 is 1.25 bits per heavy atom. The van der Waals surface area contributed by atoms with Crippen molar-refractivity contribution < 1.29 is 10.2 Å². The summed E-state index contributed by atoms with van der Waals surface area (Å²) in [4.78, 5) is 0. The molecule has 1 aromatic rings. The van der Waals surface area contributed by atoms with Gasteiger partial charge in [-0.25, -0.2) is 0 Å². The van der Waals surface area contributed by atoms with Crippen LogP contribution in [-0.4, -0.2) is 16.8 Å². The quantitative estimate of drug-likeness (QED) is 0.797. The second-order valence-electron chi connectivity index (χ2n) is 3.31. The molecular formula is C10H14Cl3NO2. The van der Waals surface area contributed by atoms with E-state index in [1.54, 1.807) is 12.1 Å². The van der Waals surface area contributed by atoms with E-state index in [-0.39, 0.29) is 40.9 Å². The first kappa shape index (κ1) is 15.8. The van der Waals surface area contributed by atoms with Crippen LogP contribution >= 0.6 is 35.6 Å². The molecule has 92 valence electrons. The first-order valence-electron chi connectivity index (χ1n) is 4.60. The van der Waals surface area contributed by atoms with Crippen molar-refractivity contribution in [3.05, 3.63) is 27.7 Å². The predicted molar refractivity (Wildman–Crippen MR) is 68.6 cm³/mol. The third-order valence-electron chi connectivity index (χ3n) is 2.14. The number of benzene rings is 1. The summed E-state index contributed by atoms with van der Waals surface area (Å²) in [6.45, 7) is 0.104. The fourth-order valence-corrected chi connectivity index (χ4v) is 1.78. The number of halogens is 3. The molecule has 3 nitrogen and oxygen atoms in total. The number of phenolic OH excluding ortho intramolecular Hbond substituents is 1. The van der Waals surface area contributed by atoms with E-state index >= 15 is 0 Å². The molecule has 0 heterocycles. The van der Waals surface area contributed by atoms with E-state index in [4.69, 9.17) is 34.0 Å². The number of phenols is 1. The van der Waals surface area contributed by atoms with Crippen LogP contribution in [-0.2, 0) is 0 Å². The Labute approximate surface area is 111 Å². The highest BCUT2D eigenvalue weighted by atomic mass is 35.5. The number of rotatable bonds is 4. The second kappa shape index (κ2) is 7.20. The van der Waals surface area contributed by atoms with Gasteiger partial charge in [-0.05, 0) is 30.5 Å². The SMILES string of the molecule is Cl.N[C@H](CCCO)c1cc(Cl)c(O)c(Cl)c1. The van der Waals surface area contributed by atoms with Crippen LogP contribution < -0.4 is 5.73 Å². The molecule has 0 radical (unpaired) electrons. The summed E-state index contributed by atoms with van der Waals surface area (Å²) in [6.07, 6.45) is 1.27. The normalized spacial score (nSPS) is 12.0. The molecule has 6 heteroatoms. The molecular weight excluding hydrogens is 272 g/mol. The van der Waals surface area contributed by atoms with Crippen molar-refractivity contribution in [3.63, 3.8) is 0 Å². The highest BCUT2D eigenvalue weighted by Crippen LogP contribution is 2.34. The summed E-state index contributed by atoms with van der Waals surface area (Å²) in [5.74, 6) is -0.128. The topological polar surface area (TPSA) is 66.5 Å². The monoisotopic (exact) mass is 285 g/mol. The van der Waals surface area contributed by atoms with Crippen molar-refractivity contribution in [1.82, 2.24) is 0 Å². The number of aromatic hydroxyl groups is 1. The third kappa shape index (κ3) is 4.00. The van der Waals surface area contributed by atoms with Crippen LogP contribution in [0.1, 0.15) is 24.4 Å². The molecule has 4 N–H and O–H groups in total. The standard InChI is InChI=1S/C10H13Cl2NO2.ClH/c11-7-4-6(5-8(12)10(7)15)9(13)2-1-3-14;/h4-5,9,14-15H,1-3,13H2;1H/t9-;/m1./s1. The first-order chi connectivity index (χ1) is 7.06. The molecule has 0 aliphatic rings. The number of nitrogens with two attached hydrogens (primary N) is 1. The van der Waals surface area contributed by atoms with Crippen LogP contribution in [0, 0.1) is 0 Å². The molecule has 1 rings (SSSR count). The zero-order chi connectivity index (χ0) is 11.4. The number of hydrogen-bond acceptors (Lipinski definition) is 3. The number of hydrogen-bond donors (Lipinski definition) is 3. The van der Waals surface area contributed by atoms with Gasteiger partial charge in [0.05, 0.1) is 10.0 Å². The zero-order valence-electron chi connectivity index (χ0n) is 8.49. The minimum atomic E-state index is -0.229. The second-order valence-corrected chi connectivity index (χ2v) is 4.12. The Morgan fingerprint density at radius 2 is 1.75 bits per heavy atom. The van der Waals surface area contributed by atoms with Gasteiger partial charge in [0.25, 0.3) is 0 Å². The molecule has 0 aliphatic heterocycles. The van der Waals surface area contributed by atoms with Gasteiger partial charge in [-0.15, -0.1) is 12.4 Å². The molecule has 0 saturated carbocycles. The lowest BCUT2D eigenvalue weighted by Crippen LogP contribution is -2.10. The Balaban J connectivity index is 0.00000225. The number of aliphatic hydroxyl groups excluding tert-OH is 1. The largest absolute Gasteiger partial charge is 0.505 e. The van der Waals surface area contributed by atoms with E-state index in [0.717, 1.165) is 5.56 Å². The maximum atomic E-state index is 9.34. The lowest BCUT2D eigenvalue weighted by Gasteiger charge is -2.12. The minimum absolute atomic E-state index is 0. The van der Waals surface area contributed by atoms with Crippen molar-refractivity contribution >= 4 is 35.6 Å².